The van der Waals surface area contributed by atoms with Gasteiger partial charge in [0.25, 0.3) is 0 Å². The second kappa shape index (κ2) is 5.89. The van der Waals surface area contributed by atoms with E-state index < -0.39 is 0 Å². The maximum absolute atomic E-state index is 11.0. The van der Waals surface area contributed by atoms with Gasteiger partial charge in [-0.25, -0.2) is 0 Å². The van der Waals surface area contributed by atoms with Crippen molar-refractivity contribution in [1.82, 2.24) is 0 Å². The number of ether oxygens (including phenoxy) is 1. The molecule has 0 heterocycles. The maximum atomic E-state index is 11.0. The van der Waals surface area contributed by atoms with Gasteiger partial charge >= 0.3 is 0 Å². The van der Waals surface area contributed by atoms with Gasteiger partial charge < -0.3 is 4.74 Å². The minimum absolute atomic E-state index is 0.290. The smallest absolute Gasteiger partial charge is 0.150 e. The molecule has 0 bridgehead atoms. The molecule has 0 fully saturated rings. The minimum atomic E-state index is 0.290. The number of hydrogen-bond acceptors (Lipinski definition) is 2. The third kappa shape index (κ3) is 3.15. The lowest BCUT2D eigenvalue weighted by Gasteiger charge is -2.12. The first kappa shape index (κ1) is 13.6. The summed E-state index contributed by atoms with van der Waals surface area (Å²) in [5.74, 6) is 0.816. The van der Waals surface area contributed by atoms with Crippen molar-refractivity contribution in [2.45, 2.75) is 20.5 Å². The van der Waals surface area contributed by atoms with Gasteiger partial charge in [-0.15, -0.1) is 0 Å². The zero-order valence-corrected chi connectivity index (χ0v) is 11.7. The Bertz CT molecular complexity index is 606. The highest BCUT2D eigenvalue weighted by Gasteiger charge is 2.08. The molecule has 0 amide bonds. The Morgan fingerprint density at radius 1 is 1.21 bits per heavy atom. The van der Waals surface area contributed by atoms with Crippen LogP contribution in [0.1, 0.15) is 27.0 Å². The molecule has 2 aromatic carbocycles. The molecule has 2 nitrogen and oxygen atoms in total. The summed E-state index contributed by atoms with van der Waals surface area (Å²) < 4.78 is 5.78. The van der Waals surface area contributed by atoms with Crippen LogP contribution in [0.2, 0.25) is 5.02 Å². The van der Waals surface area contributed by atoms with E-state index in [0.29, 0.717) is 10.6 Å². The van der Waals surface area contributed by atoms with Crippen molar-refractivity contribution >= 4 is 17.9 Å². The summed E-state index contributed by atoms with van der Waals surface area (Å²) in [6.07, 6.45) is 0.799. The van der Waals surface area contributed by atoms with Crippen LogP contribution in [0.15, 0.2) is 36.4 Å². The first-order valence-corrected chi connectivity index (χ1v) is 6.42. The molecular weight excluding hydrogens is 260 g/mol. The molecular formula is C16H15ClO2. The number of rotatable bonds is 4. The van der Waals surface area contributed by atoms with Crippen LogP contribution >= 0.6 is 11.6 Å². The van der Waals surface area contributed by atoms with E-state index in [0.717, 1.165) is 28.7 Å². The predicted octanol–water partition coefficient (Wildman–Crippen LogP) is 4.35. The quantitative estimate of drug-likeness (QED) is 0.775. The van der Waals surface area contributed by atoms with E-state index in [9.17, 15) is 4.79 Å². The number of carbonyl (C=O) groups excluding carboxylic acids is 1. The number of carbonyl (C=O) groups is 1. The molecule has 0 saturated carbocycles. The molecule has 0 N–H and O–H groups in total. The molecule has 19 heavy (non-hydrogen) atoms. The van der Waals surface area contributed by atoms with Crippen molar-refractivity contribution in [2.24, 2.45) is 0 Å². The van der Waals surface area contributed by atoms with Gasteiger partial charge in [-0.2, -0.15) is 0 Å². The Morgan fingerprint density at radius 3 is 2.74 bits per heavy atom. The monoisotopic (exact) mass is 274 g/mol. The number of aldehydes is 1. The standard InChI is InChI=1S/C16H15ClO2/c1-11-6-7-12(2)16(8-11)19-10-14-13(9-18)4-3-5-15(14)17/h3-9H,10H2,1-2H3. The van der Waals surface area contributed by atoms with Crippen LogP contribution in [0, 0.1) is 13.8 Å². The molecule has 98 valence electrons. The van der Waals surface area contributed by atoms with Crippen molar-refractivity contribution in [1.29, 1.82) is 0 Å². The fraction of sp³-hybridized carbons (Fsp3) is 0.188. The molecule has 3 heteroatoms. The van der Waals surface area contributed by atoms with Crippen molar-refractivity contribution in [3.05, 3.63) is 63.7 Å². The third-order valence-electron chi connectivity index (χ3n) is 3.00. The third-order valence-corrected chi connectivity index (χ3v) is 3.35. The van der Waals surface area contributed by atoms with Gasteiger partial charge in [0.2, 0.25) is 0 Å². The molecule has 2 aromatic rings. The first-order chi connectivity index (χ1) is 9.11. The van der Waals surface area contributed by atoms with Gasteiger partial charge in [0.05, 0.1) is 0 Å². The minimum Gasteiger partial charge on any atom is -0.489 e. The molecule has 0 aliphatic heterocycles. The zero-order chi connectivity index (χ0) is 13.8. The van der Waals surface area contributed by atoms with Gasteiger partial charge in [-0.1, -0.05) is 35.9 Å². The van der Waals surface area contributed by atoms with Gasteiger partial charge in [0, 0.05) is 16.1 Å². The molecule has 0 radical (unpaired) electrons. The van der Waals surface area contributed by atoms with Crippen LogP contribution in [0.4, 0.5) is 0 Å². The average Bonchev–Trinajstić information content (AvgIpc) is 2.40. The summed E-state index contributed by atoms with van der Waals surface area (Å²) in [6, 6.07) is 11.3. The van der Waals surface area contributed by atoms with Crippen LogP contribution in [-0.2, 0) is 6.61 Å². The van der Waals surface area contributed by atoms with Crippen LogP contribution in [0.25, 0.3) is 0 Å². The Morgan fingerprint density at radius 2 is 2.00 bits per heavy atom. The second-order valence-corrected chi connectivity index (χ2v) is 4.89. The van der Waals surface area contributed by atoms with Crippen LogP contribution < -0.4 is 4.74 Å². The van der Waals surface area contributed by atoms with E-state index in [-0.39, 0.29) is 6.61 Å². The van der Waals surface area contributed by atoms with E-state index in [1.54, 1.807) is 18.2 Å². The maximum Gasteiger partial charge on any atom is 0.150 e. The highest BCUT2D eigenvalue weighted by atomic mass is 35.5. The van der Waals surface area contributed by atoms with E-state index in [4.69, 9.17) is 16.3 Å². The normalized spacial score (nSPS) is 10.3. The number of aryl methyl sites for hydroxylation is 2. The highest BCUT2D eigenvalue weighted by molar-refractivity contribution is 6.31. The fourth-order valence-corrected chi connectivity index (χ4v) is 2.09. The molecule has 0 atom stereocenters. The molecule has 0 unspecified atom stereocenters. The van der Waals surface area contributed by atoms with Crippen molar-refractivity contribution in [3.63, 3.8) is 0 Å². The number of benzene rings is 2. The Balaban J connectivity index is 2.23. The van der Waals surface area contributed by atoms with Gasteiger partial charge in [0.1, 0.15) is 12.4 Å². The van der Waals surface area contributed by atoms with Gasteiger partial charge in [-0.3, -0.25) is 4.79 Å². The lowest BCUT2D eigenvalue weighted by atomic mass is 10.1. The summed E-state index contributed by atoms with van der Waals surface area (Å²) in [5.41, 5.74) is 3.48. The van der Waals surface area contributed by atoms with Gasteiger partial charge in [0.15, 0.2) is 6.29 Å². The van der Waals surface area contributed by atoms with Crippen molar-refractivity contribution < 1.29 is 9.53 Å². The summed E-state index contributed by atoms with van der Waals surface area (Å²) >= 11 is 6.11. The number of halogens is 1. The molecule has 0 aromatic heterocycles. The van der Waals surface area contributed by atoms with Crippen molar-refractivity contribution in [3.8, 4) is 5.75 Å². The molecule has 2 rings (SSSR count). The summed E-state index contributed by atoms with van der Waals surface area (Å²) in [5, 5.41) is 0.551. The summed E-state index contributed by atoms with van der Waals surface area (Å²) in [4.78, 5) is 11.0. The Labute approximate surface area is 118 Å². The van der Waals surface area contributed by atoms with Crippen LogP contribution in [-0.4, -0.2) is 6.29 Å². The van der Waals surface area contributed by atoms with Crippen molar-refractivity contribution in [2.75, 3.05) is 0 Å². The van der Waals surface area contributed by atoms with E-state index in [2.05, 4.69) is 0 Å². The number of hydrogen-bond donors (Lipinski definition) is 0. The highest BCUT2D eigenvalue weighted by Crippen LogP contribution is 2.24. The lowest BCUT2D eigenvalue weighted by Crippen LogP contribution is -2.02. The SMILES string of the molecule is Cc1ccc(C)c(OCc2c(Cl)cccc2C=O)c1. The Hall–Kier alpha value is -1.80. The van der Waals surface area contributed by atoms with Crippen LogP contribution in [0.3, 0.4) is 0 Å². The first-order valence-electron chi connectivity index (χ1n) is 6.04. The molecule has 0 spiro atoms. The summed E-state index contributed by atoms with van der Waals surface area (Å²) in [6.45, 7) is 4.29. The van der Waals surface area contributed by atoms with E-state index >= 15 is 0 Å². The predicted molar refractivity (Wildman–Crippen MR) is 77.1 cm³/mol. The average molecular weight is 275 g/mol. The van der Waals surface area contributed by atoms with Gasteiger partial charge in [-0.05, 0) is 37.1 Å². The second-order valence-electron chi connectivity index (χ2n) is 4.48. The van der Waals surface area contributed by atoms with E-state index in [1.165, 1.54) is 0 Å². The largest absolute Gasteiger partial charge is 0.489 e. The molecule has 0 aliphatic rings. The van der Waals surface area contributed by atoms with E-state index in [1.807, 2.05) is 32.0 Å². The summed E-state index contributed by atoms with van der Waals surface area (Å²) in [7, 11) is 0. The molecule has 0 saturated heterocycles. The lowest BCUT2D eigenvalue weighted by molar-refractivity contribution is 0.112. The zero-order valence-electron chi connectivity index (χ0n) is 10.9. The molecule has 0 aliphatic carbocycles. The topological polar surface area (TPSA) is 26.3 Å². The van der Waals surface area contributed by atoms with Crippen LogP contribution in [0.5, 0.6) is 5.75 Å². The Kier molecular flexibility index (Phi) is 4.23. The fourth-order valence-electron chi connectivity index (χ4n) is 1.85.